The van der Waals surface area contributed by atoms with Crippen molar-refractivity contribution in [2.24, 2.45) is 0 Å². The number of nitro groups is 1. The molecule has 0 aliphatic heterocycles. The minimum Gasteiger partial charge on any atom is -0.465 e. The van der Waals surface area contributed by atoms with Crippen LogP contribution >= 0.6 is 0 Å². The highest BCUT2D eigenvalue weighted by Crippen LogP contribution is 2.25. The van der Waals surface area contributed by atoms with E-state index in [0.717, 1.165) is 25.3 Å². The van der Waals surface area contributed by atoms with Crippen LogP contribution in [0.4, 0.5) is 11.4 Å². The van der Waals surface area contributed by atoms with E-state index in [9.17, 15) is 14.9 Å². The Bertz CT molecular complexity index is 776. The minimum atomic E-state index is -0.801. The van der Waals surface area contributed by atoms with E-state index >= 15 is 0 Å². The monoisotopic (exact) mass is 297 g/mol. The smallest absolute Gasteiger partial charge is 0.339 e. The second-order valence-corrected chi connectivity index (χ2v) is 3.69. The van der Waals surface area contributed by atoms with Gasteiger partial charge >= 0.3 is 5.97 Å². The van der Waals surface area contributed by atoms with Gasteiger partial charge in [-0.3, -0.25) is 10.1 Å². The van der Waals surface area contributed by atoms with Crippen LogP contribution in [-0.4, -0.2) is 18.0 Å². The van der Waals surface area contributed by atoms with E-state index in [2.05, 4.69) is 10.1 Å². The Morgan fingerprint density at radius 2 is 1.91 bits per heavy atom. The van der Waals surface area contributed by atoms with Crippen molar-refractivity contribution in [1.82, 2.24) is 0 Å². The Kier molecular flexibility index (Phi) is 5.17. The van der Waals surface area contributed by atoms with E-state index in [4.69, 9.17) is 15.8 Å². The molecule has 0 unspecified atom stereocenters. The van der Waals surface area contributed by atoms with Crippen LogP contribution in [0.25, 0.3) is 0 Å². The molecule has 0 radical (unpaired) electrons. The molecule has 0 aromatic heterocycles. The van der Waals surface area contributed by atoms with Gasteiger partial charge in [0.15, 0.2) is 5.57 Å². The van der Waals surface area contributed by atoms with Crippen molar-refractivity contribution in [2.75, 3.05) is 12.4 Å². The Hall–Kier alpha value is -3.90. The van der Waals surface area contributed by atoms with E-state index in [-0.39, 0.29) is 16.9 Å². The molecule has 1 N–H and O–H groups in total. The topological polar surface area (TPSA) is 153 Å². The molecule has 0 saturated carbocycles. The number of nitrogens with zero attached hydrogens (tertiary/aromatic N) is 4. The molecule has 0 aliphatic rings. The summed E-state index contributed by atoms with van der Waals surface area (Å²) in [6, 6.07) is 7.82. The number of carbonyl (C=O) groups excluding carboxylic acids is 1. The molecule has 1 rings (SSSR count). The fourth-order valence-corrected chi connectivity index (χ4v) is 1.46. The minimum absolute atomic E-state index is 0.0870. The summed E-state index contributed by atoms with van der Waals surface area (Å²) < 4.78 is 4.53. The van der Waals surface area contributed by atoms with Gasteiger partial charge < -0.3 is 10.1 Å². The van der Waals surface area contributed by atoms with Crippen LogP contribution in [0, 0.1) is 44.1 Å². The number of benzene rings is 1. The van der Waals surface area contributed by atoms with Crippen LogP contribution in [-0.2, 0) is 4.74 Å². The van der Waals surface area contributed by atoms with Crippen LogP contribution in [0.3, 0.4) is 0 Å². The summed E-state index contributed by atoms with van der Waals surface area (Å²) >= 11 is 0. The van der Waals surface area contributed by atoms with Crippen LogP contribution in [0.5, 0.6) is 0 Å². The van der Waals surface area contributed by atoms with Gasteiger partial charge in [0.05, 0.1) is 23.3 Å². The fraction of sp³-hybridized carbons (Fsp3) is 0.0769. The Balaban J connectivity index is 3.48. The molecule has 0 heterocycles. The summed E-state index contributed by atoms with van der Waals surface area (Å²) in [4.78, 5) is 21.7. The summed E-state index contributed by atoms with van der Waals surface area (Å²) in [5, 5.41) is 39.6. The first kappa shape index (κ1) is 16.2. The predicted molar refractivity (Wildman–Crippen MR) is 71.9 cm³/mol. The normalized spacial score (nSPS) is 8.64. The van der Waals surface area contributed by atoms with E-state index in [1.165, 1.54) is 12.1 Å². The van der Waals surface area contributed by atoms with Crippen molar-refractivity contribution >= 4 is 17.3 Å². The number of nitriles is 3. The zero-order valence-electron chi connectivity index (χ0n) is 11.2. The number of allylic oxidation sites excluding steroid dienone is 2. The molecular formula is C13H7N5O4. The lowest BCUT2D eigenvalue weighted by molar-refractivity contribution is -0.384. The standard InChI is InChI=1S/C13H7N5O4/c1-22-13(19)10-3-2-9(18(20)21)4-11(10)17-12(7-16)8(5-14)6-15/h2-4,17H,1H3. The molecule has 0 saturated heterocycles. The third-order valence-electron chi connectivity index (χ3n) is 2.46. The van der Waals surface area contributed by atoms with Crippen molar-refractivity contribution in [3.8, 4) is 18.2 Å². The van der Waals surface area contributed by atoms with E-state index in [1.807, 2.05) is 0 Å². The number of esters is 1. The van der Waals surface area contributed by atoms with Crippen molar-refractivity contribution in [2.45, 2.75) is 0 Å². The highest BCUT2D eigenvalue weighted by Gasteiger charge is 2.18. The van der Waals surface area contributed by atoms with Gasteiger partial charge in [-0.15, -0.1) is 0 Å². The van der Waals surface area contributed by atoms with Crippen LogP contribution < -0.4 is 5.32 Å². The predicted octanol–water partition coefficient (Wildman–Crippen LogP) is 1.62. The van der Waals surface area contributed by atoms with Crippen molar-refractivity contribution in [3.63, 3.8) is 0 Å². The molecule has 9 nitrogen and oxygen atoms in total. The zero-order chi connectivity index (χ0) is 16.7. The highest BCUT2D eigenvalue weighted by molar-refractivity contribution is 5.96. The number of hydrogen-bond acceptors (Lipinski definition) is 8. The number of carbonyl (C=O) groups is 1. The molecule has 22 heavy (non-hydrogen) atoms. The molecule has 0 aliphatic carbocycles. The number of nitro benzene ring substituents is 1. The Morgan fingerprint density at radius 3 is 2.36 bits per heavy atom. The quantitative estimate of drug-likeness (QED) is 0.380. The summed E-state index contributed by atoms with van der Waals surface area (Å²) in [6.45, 7) is 0. The van der Waals surface area contributed by atoms with Gasteiger partial charge in [0.25, 0.3) is 5.69 Å². The van der Waals surface area contributed by atoms with E-state index < -0.39 is 22.2 Å². The van der Waals surface area contributed by atoms with Gasteiger partial charge in [-0.2, -0.15) is 15.8 Å². The highest BCUT2D eigenvalue weighted by atomic mass is 16.6. The van der Waals surface area contributed by atoms with E-state index in [1.54, 1.807) is 6.07 Å². The largest absolute Gasteiger partial charge is 0.465 e. The number of rotatable bonds is 4. The first-order valence-electron chi connectivity index (χ1n) is 5.56. The molecule has 0 bridgehead atoms. The maximum atomic E-state index is 11.6. The molecule has 0 atom stereocenters. The number of anilines is 1. The Labute approximate surface area is 124 Å². The first-order valence-corrected chi connectivity index (χ1v) is 5.56. The summed E-state index contributed by atoms with van der Waals surface area (Å²) in [7, 11) is 1.12. The second-order valence-electron chi connectivity index (χ2n) is 3.69. The van der Waals surface area contributed by atoms with Crippen molar-refractivity contribution in [3.05, 3.63) is 45.1 Å². The third-order valence-corrected chi connectivity index (χ3v) is 2.46. The summed E-state index contributed by atoms with van der Waals surface area (Å²) in [5.41, 5.74) is -1.51. The van der Waals surface area contributed by atoms with Crippen LogP contribution in [0.15, 0.2) is 29.5 Å². The van der Waals surface area contributed by atoms with Gasteiger partial charge in [0.2, 0.25) is 0 Å². The molecule has 1 aromatic rings. The lowest BCUT2D eigenvalue weighted by Crippen LogP contribution is -2.09. The average molecular weight is 297 g/mol. The summed E-state index contributed by atoms with van der Waals surface area (Å²) in [5.74, 6) is -0.801. The molecule has 108 valence electrons. The van der Waals surface area contributed by atoms with Gasteiger partial charge in [-0.25, -0.2) is 4.79 Å². The van der Waals surface area contributed by atoms with Crippen LogP contribution in [0.1, 0.15) is 10.4 Å². The molecule has 0 fully saturated rings. The zero-order valence-corrected chi connectivity index (χ0v) is 11.2. The first-order chi connectivity index (χ1) is 10.5. The van der Waals surface area contributed by atoms with Crippen LogP contribution in [0.2, 0.25) is 0 Å². The maximum absolute atomic E-state index is 11.6. The lowest BCUT2D eigenvalue weighted by Gasteiger charge is -2.09. The van der Waals surface area contributed by atoms with Gasteiger partial charge in [0.1, 0.15) is 23.9 Å². The third kappa shape index (κ3) is 3.35. The number of non-ortho nitro benzene ring substituents is 1. The average Bonchev–Trinajstić information content (AvgIpc) is 2.53. The number of hydrogen-bond donors (Lipinski definition) is 1. The van der Waals surface area contributed by atoms with Gasteiger partial charge in [0, 0.05) is 12.1 Å². The summed E-state index contributed by atoms with van der Waals surface area (Å²) in [6.07, 6.45) is 0. The number of ether oxygens (including phenoxy) is 1. The molecule has 0 spiro atoms. The second kappa shape index (κ2) is 7.04. The Morgan fingerprint density at radius 1 is 1.27 bits per heavy atom. The lowest BCUT2D eigenvalue weighted by atomic mass is 10.1. The molecule has 0 amide bonds. The number of methoxy groups -OCH3 is 1. The fourth-order valence-electron chi connectivity index (χ4n) is 1.46. The van der Waals surface area contributed by atoms with Gasteiger partial charge in [-0.1, -0.05) is 0 Å². The van der Waals surface area contributed by atoms with E-state index in [0.29, 0.717) is 0 Å². The van der Waals surface area contributed by atoms with Gasteiger partial charge in [-0.05, 0) is 6.07 Å². The van der Waals surface area contributed by atoms with Crippen molar-refractivity contribution < 1.29 is 14.5 Å². The molecular weight excluding hydrogens is 290 g/mol. The maximum Gasteiger partial charge on any atom is 0.339 e. The molecule has 1 aromatic carbocycles. The number of nitrogens with one attached hydrogen (secondary N) is 1. The SMILES string of the molecule is COC(=O)c1ccc([N+](=O)[O-])cc1NC(C#N)=C(C#N)C#N. The van der Waals surface area contributed by atoms with Crippen molar-refractivity contribution in [1.29, 1.82) is 15.8 Å². The molecule has 9 heteroatoms.